The van der Waals surface area contributed by atoms with Crippen molar-refractivity contribution in [3.05, 3.63) is 59.0 Å². The first-order valence-corrected chi connectivity index (χ1v) is 8.46. The standard InChI is InChI=1S/C19H19ClN2O3/c1-14-13-21(19(23)24)9-10-22(14)17(18-6-3-11-25-18)8-7-15-4-2-5-16(20)12-15/h2-6,11-12,14,17H,9-10,13H2,1H3,(H,23,24)/t14-,17+/m0/s1. The fourth-order valence-corrected chi connectivity index (χ4v) is 3.20. The van der Waals surface area contributed by atoms with Crippen LogP contribution in [0.1, 0.15) is 24.3 Å². The number of amides is 1. The third-order valence-corrected chi connectivity index (χ3v) is 4.51. The Labute approximate surface area is 151 Å². The number of hydrogen-bond acceptors (Lipinski definition) is 3. The van der Waals surface area contributed by atoms with E-state index in [0.29, 0.717) is 24.7 Å². The number of furan rings is 1. The van der Waals surface area contributed by atoms with E-state index in [1.807, 2.05) is 43.3 Å². The van der Waals surface area contributed by atoms with Gasteiger partial charge in [-0.15, -0.1) is 0 Å². The SMILES string of the molecule is C[C@H]1CN(C(=O)O)CCN1[C@H](C#Cc1cccc(Cl)c1)c1ccco1. The molecule has 0 saturated carbocycles. The summed E-state index contributed by atoms with van der Waals surface area (Å²) >= 11 is 6.02. The molecular formula is C19H19ClN2O3. The maximum absolute atomic E-state index is 11.2. The van der Waals surface area contributed by atoms with Crippen LogP contribution in [0.5, 0.6) is 0 Å². The van der Waals surface area contributed by atoms with Gasteiger partial charge in [0.1, 0.15) is 11.8 Å². The van der Waals surface area contributed by atoms with Gasteiger partial charge in [-0.25, -0.2) is 4.79 Å². The second kappa shape index (κ2) is 7.64. The van der Waals surface area contributed by atoms with E-state index in [4.69, 9.17) is 16.0 Å². The molecule has 0 spiro atoms. The Hall–Kier alpha value is -2.42. The molecule has 3 rings (SSSR count). The summed E-state index contributed by atoms with van der Waals surface area (Å²) in [6, 6.07) is 10.9. The van der Waals surface area contributed by atoms with Crippen LogP contribution in [-0.2, 0) is 0 Å². The molecule has 2 aromatic rings. The van der Waals surface area contributed by atoms with E-state index in [1.54, 1.807) is 6.26 Å². The van der Waals surface area contributed by atoms with E-state index in [-0.39, 0.29) is 12.1 Å². The minimum absolute atomic E-state index is 0.0358. The van der Waals surface area contributed by atoms with Crippen molar-refractivity contribution in [1.29, 1.82) is 0 Å². The summed E-state index contributed by atoms with van der Waals surface area (Å²) in [5, 5.41) is 9.83. The van der Waals surface area contributed by atoms with E-state index in [1.165, 1.54) is 4.90 Å². The molecule has 25 heavy (non-hydrogen) atoms. The van der Waals surface area contributed by atoms with E-state index in [9.17, 15) is 9.90 Å². The van der Waals surface area contributed by atoms with Crippen LogP contribution in [0.3, 0.4) is 0 Å². The highest BCUT2D eigenvalue weighted by molar-refractivity contribution is 6.30. The number of piperazine rings is 1. The van der Waals surface area contributed by atoms with Gasteiger partial charge < -0.3 is 14.4 Å². The second-order valence-electron chi connectivity index (χ2n) is 6.01. The Morgan fingerprint density at radius 2 is 2.20 bits per heavy atom. The van der Waals surface area contributed by atoms with Crippen LogP contribution < -0.4 is 0 Å². The Morgan fingerprint density at radius 3 is 2.84 bits per heavy atom. The summed E-state index contributed by atoms with van der Waals surface area (Å²) in [6.07, 6.45) is 0.743. The third kappa shape index (κ3) is 4.16. The maximum atomic E-state index is 11.2. The van der Waals surface area contributed by atoms with E-state index < -0.39 is 6.09 Å². The predicted octanol–water partition coefficient (Wildman–Crippen LogP) is 3.71. The van der Waals surface area contributed by atoms with Gasteiger partial charge in [0.25, 0.3) is 0 Å². The molecule has 1 N–H and O–H groups in total. The van der Waals surface area contributed by atoms with Crippen LogP contribution >= 0.6 is 11.6 Å². The molecule has 5 nitrogen and oxygen atoms in total. The number of halogens is 1. The summed E-state index contributed by atoms with van der Waals surface area (Å²) < 4.78 is 5.58. The van der Waals surface area contributed by atoms with Gasteiger partial charge in [0.15, 0.2) is 0 Å². The van der Waals surface area contributed by atoms with Gasteiger partial charge in [0, 0.05) is 36.3 Å². The smallest absolute Gasteiger partial charge is 0.407 e. The lowest BCUT2D eigenvalue weighted by atomic mass is 10.1. The number of nitrogens with zero attached hydrogens (tertiary/aromatic N) is 2. The number of carboxylic acid groups (broad SMARTS) is 1. The van der Waals surface area contributed by atoms with Crippen molar-refractivity contribution in [2.45, 2.75) is 19.0 Å². The molecule has 0 unspecified atom stereocenters. The second-order valence-corrected chi connectivity index (χ2v) is 6.45. The molecule has 1 saturated heterocycles. The monoisotopic (exact) mass is 358 g/mol. The zero-order valence-corrected chi connectivity index (χ0v) is 14.6. The van der Waals surface area contributed by atoms with Crippen LogP contribution in [0.4, 0.5) is 4.79 Å². The lowest BCUT2D eigenvalue weighted by Gasteiger charge is -2.40. The molecule has 1 aliphatic heterocycles. The number of hydrogen-bond donors (Lipinski definition) is 1. The Bertz CT molecular complexity index is 794. The van der Waals surface area contributed by atoms with Crippen molar-refractivity contribution >= 4 is 17.7 Å². The van der Waals surface area contributed by atoms with Gasteiger partial charge in [-0.2, -0.15) is 0 Å². The minimum Gasteiger partial charge on any atom is -0.467 e. The molecule has 6 heteroatoms. The Morgan fingerprint density at radius 1 is 1.36 bits per heavy atom. The first kappa shape index (κ1) is 17.4. The summed E-state index contributed by atoms with van der Waals surface area (Å²) in [6.45, 7) is 3.51. The van der Waals surface area contributed by atoms with Gasteiger partial charge in [0.05, 0.1) is 6.26 Å². The lowest BCUT2D eigenvalue weighted by Crippen LogP contribution is -2.54. The normalized spacial score (nSPS) is 19.1. The van der Waals surface area contributed by atoms with Crippen molar-refractivity contribution in [3.8, 4) is 11.8 Å². The molecule has 1 aliphatic rings. The molecule has 2 heterocycles. The first-order valence-electron chi connectivity index (χ1n) is 8.08. The van der Waals surface area contributed by atoms with Gasteiger partial charge >= 0.3 is 6.09 Å². The predicted molar refractivity (Wildman–Crippen MR) is 95.5 cm³/mol. The van der Waals surface area contributed by atoms with Gasteiger partial charge in [-0.1, -0.05) is 29.5 Å². The maximum Gasteiger partial charge on any atom is 0.407 e. The summed E-state index contributed by atoms with van der Waals surface area (Å²) in [5.74, 6) is 7.18. The van der Waals surface area contributed by atoms with Gasteiger partial charge in [-0.05, 0) is 37.3 Å². The van der Waals surface area contributed by atoms with Crippen molar-refractivity contribution in [2.75, 3.05) is 19.6 Å². The van der Waals surface area contributed by atoms with E-state index in [0.717, 1.165) is 11.3 Å². The molecule has 0 radical (unpaired) electrons. The lowest BCUT2D eigenvalue weighted by molar-refractivity contribution is 0.0574. The number of carbonyl (C=O) groups is 1. The highest BCUT2D eigenvalue weighted by Crippen LogP contribution is 2.25. The molecule has 1 aromatic heterocycles. The minimum atomic E-state index is -0.883. The van der Waals surface area contributed by atoms with Crippen LogP contribution in [0.25, 0.3) is 0 Å². The van der Waals surface area contributed by atoms with Crippen LogP contribution in [-0.4, -0.2) is 46.7 Å². The summed E-state index contributed by atoms with van der Waals surface area (Å²) in [7, 11) is 0. The van der Waals surface area contributed by atoms with Crippen LogP contribution in [0, 0.1) is 11.8 Å². The zero-order chi connectivity index (χ0) is 17.8. The summed E-state index contributed by atoms with van der Waals surface area (Å²) in [5.41, 5.74) is 0.834. The number of benzene rings is 1. The molecule has 2 atom stereocenters. The molecule has 1 amide bonds. The average Bonchev–Trinajstić information content (AvgIpc) is 3.10. The topological polar surface area (TPSA) is 56.9 Å². The molecule has 0 bridgehead atoms. The Kier molecular flexibility index (Phi) is 5.32. The van der Waals surface area contributed by atoms with Crippen LogP contribution in [0.15, 0.2) is 47.1 Å². The van der Waals surface area contributed by atoms with Crippen molar-refractivity contribution in [1.82, 2.24) is 9.80 Å². The first-order chi connectivity index (χ1) is 12.0. The molecule has 0 aliphatic carbocycles. The zero-order valence-electron chi connectivity index (χ0n) is 13.9. The van der Waals surface area contributed by atoms with Crippen LogP contribution in [0.2, 0.25) is 5.02 Å². The molecule has 1 fully saturated rings. The molecule has 1 aromatic carbocycles. The van der Waals surface area contributed by atoms with E-state index >= 15 is 0 Å². The van der Waals surface area contributed by atoms with Gasteiger partial charge in [0.2, 0.25) is 0 Å². The van der Waals surface area contributed by atoms with Gasteiger partial charge in [-0.3, -0.25) is 4.90 Å². The quantitative estimate of drug-likeness (QED) is 0.831. The van der Waals surface area contributed by atoms with Crippen molar-refractivity contribution in [3.63, 3.8) is 0 Å². The Balaban J connectivity index is 1.86. The fraction of sp³-hybridized carbons (Fsp3) is 0.316. The fourth-order valence-electron chi connectivity index (χ4n) is 3.01. The molecule has 130 valence electrons. The van der Waals surface area contributed by atoms with E-state index in [2.05, 4.69) is 16.7 Å². The van der Waals surface area contributed by atoms with Crippen molar-refractivity contribution in [2.24, 2.45) is 0 Å². The highest BCUT2D eigenvalue weighted by atomic mass is 35.5. The van der Waals surface area contributed by atoms with Crippen molar-refractivity contribution < 1.29 is 14.3 Å². The number of rotatable bonds is 2. The summed E-state index contributed by atoms with van der Waals surface area (Å²) in [4.78, 5) is 14.8. The largest absolute Gasteiger partial charge is 0.467 e. The third-order valence-electron chi connectivity index (χ3n) is 4.27. The average molecular weight is 359 g/mol. The molecular weight excluding hydrogens is 340 g/mol. The highest BCUT2D eigenvalue weighted by Gasteiger charge is 2.32.